The highest BCUT2D eigenvalue weighted by Crippen LogP contribution is 2.33. The zero-order valence-electron chi connectivity index (χ0n) is 18.5. The van der Waals surface area contributed by atoms with Crippen molar-refractivity contribution in [2.45, 2.75) is 50.9 Å². The van der Waals surface area contributed by atoms with Crippen LogP contribution in [0.25, 0.3) is 11.4 Å². The van der Waals surface area contributed by atoms with Crippen molar-refractivity contribution in [1.29, 1.82) is 0 Å². The lowest BCUT2D eigenvalue weighted by Crippen LogP contribution is -2.64. The van der Waals surface area contributed by atoms with Crippen LogP contribution in [-0.4, -0.2) is 45.0 Å². The normalized spacial score (nSPS) is 21.2. The van der Waals surface area contributed by atoms with Crippen molar-refractivity contribution >= 4 is 11.8 Å². The van der Waals surface area contributed by atoms with Crippen LogP contribution >= 0.6 is 0 Å². The highest BCUT2D eigenvalue weighted by molar-refractivity contribution is 5.84. The van der Waals surface area contributed by atoms with E-state index in [4.69, 9.17) is 15.5 Å². The number of ether oxygens (including phenoxy) is 1. The number of H-pyrrole nitrogens is 1. The highest BCUT2D eigenvalue weighted by atomic mass is 16.5. The van der Waals surface area contributed by atoms with Gasteiger partial charge in [-0.1, -0.05) is 38.1 Å². The fourth-order valence-corrected chi connectivity index (χ4v) is 4.30. The van der Waals surface area contributed by atoms with Gasteiger partial charge in [0.15, 0.2) is 11.6 Å². The molecule has 168 valence electrons. The van der Waals surface area contributed by atoms with Crippen molar-refractivity contribution in [2.24, 2.45) is 10.7 Å². The number of aromatic nitrogens is 4. The molecule has 0 aliphatic carbocycles. The van der Waals surface area contributed by atoms with Crippen LogP contribution in [0.4, 0.5) is 5.82 Å². The van der Waals surface area contributed by atoms with E-state index in [0.29, 0.717) is 24.3 Å². The maximum absolute atomic E-state index is 6.97. The summed E-state index contributed by atoms with van der Waals surface area (Å²) in [5, 5.41) is 11.6. The number of hydrogen-bond donors (Lipinski definition) is 4. The molecule has 3 aromatic rings. The summed E-state index contributed by atoms with van der Waals surface area (Å²) in [6.45, 7) is 5.81. The number of rotatable bonds is 5. The second-order valence-electron chi connectivity index (χ2n) is 8.84. The Morgan fingerprint density at radius 3 is 2.72 bits per heavy atom. The van der Waals surface area contributed by atoms with Crippen LogP contribution in [0.3, 0.4) is 0 Å². The Morgan fingerprint density at radius 2 is 2.03 bits per heavy atom. The zero-order valence-corrected chi connectivity index (χ0v) is 18.5. The second kappa shape index (κ2) is 8.40. The van der Waals surface area contributed by atoms with Gasteiger partial charge in [-0.15, -0.1) is 0 Å². The van der Waals surface area contributed by atoms with E-state index < -0.39 is 5.79 Å². The van der Waals surface area contributed by atoms with Gasteiger partial charge in [0.25, 0.3) is 0 Å². The van der Waals surface area contributed by atoms with E-state index in [0.717, 1.165) is 54.4 Å². The molecule has 0 bridgehead atoms. The number of nitrogens with two attached hydrogens (primary N) is 1. The quantitative estimate of drug-likeness (QED) is 0.490. The van der Waals surface area contributed by atoms with Crippen LogP contribution in [0, 0.1) is 0 Å². The Morgan fingerprint density at radius 1 is 1.25 bits per heavy atom. The van der Waals surface area contributed by atoms with Crippen LogP contribution in [0.5, 0.6) is 0 Å². The van der Waals surface area contributed by atoms with Gasteiger partial charge in [0.2, 0.25) is 5.96 Å². The van der Waals surface area contributed by atoms with Crippen molar-refractivity contribution < 1.29 is 4.74 Å². The minimum atomic E-state index is -0.941. The molecule has 9 nitrogen and oxygen atoms in total. The molecule has 2 aliphatic rings. The van der Waals surface area contributed by atoms with Gasteiger partial charge in [-0.25, -0.2) is 9.67 Å². The number of hydrogen-bond acceptors (Lipinski definition) is 7. The predicted molar refractivity (Wildman–Crippen MR) is 123 cm³/mol. The highest BCUT2D eigenvalue weighted by Gasteiger charge is 2.37. The minimum Gasteiger partial charge on any atom is -0.381 e. The maximum atomic E-state index is 6.97. The van der Waals surface area contributed by atoms with Crippen molar-refractivity contribution in [3.05, 3.63) is 54.0 Å². The number of aromatic amines is 1. The molecule has 1 unspecified atom stereocenters. The van der Waals surface area contributed by atoms with E-state index in [1.807, 2.05) is 17.1 Å². The minimum absolute atomic E-state index is 0.293. The van der Waals surface area contributed by atoms with E-state index in [1.54, 1.807) is 6.20 Å². The zero-order chi connectivity index (χ0) is 22.1. The van der Waals surface area contributed by atoms with E-state index in [1.165, 1.54) is 0 Å². The third-order valence-electron chi connectivity index (χ3n) is 6.09. The van der Waals surface area contributed by atoms with Crippen molar-refractivity contribution in [3.8, 4) is 11.4 Å². The summed E-state index contributed by atoms with van der Waals surface area (Å²) < 4.78 is 7.31. The molecule has 5 rings (SSSR count). The molecule has 1 saturated heterocycles. The first-order valence-electron chi connectivity index (χ1n) is 11.2. The molecule has 0 radical (unpaired) electrons. The predicted octanol–water partition coefficient (Wildman–Crippen LogP) is 2.57. The first-order chi connectivity index (χ1) is 15.5. The maximum Gasteiger partial charge on any atom is 0.201 e. The summed E-state index contributed by atoms with van der Waals surface area (Å²) in [5.74, 6) is 1.70. The molecule has 1 aromatic carbocycles. The molecule has 4 heterocycles. The molecule has 1 fully saturated rings. The van der Waals surface area contributed by atoms with Gasteiger partial charge < -0.3 is 20.4 Å². The van der Waals surface area contributed by atoms with Crippen molar-refractivity contribution in [1.82, 2.24) is 30.4 Å². The Hall–Kier alpha value is -3.17. The fourth-order valence-electron chi connectivity index (χ4n) is 4.30. The van der Waals surface area contributed by atoms with Crippen LogP contribution in [0.15, 0.2) is 47.8 Å². The molecular formula is C23H30N8O. The SMILES string of the molecule is CC(C)c1cnn2c1N=C(NC1CCOCC1)NC2(N)Cc1ccc(-c2ncc[nH]2)cc1. The van der Waals surface area contributed by atoms with Gasteiger partial charge in [0.1, 0.15) is 5.82 Å². The van der Waals surface area contributed by atoms with Crippen LogP contribution < -0.4 is 16.4 Å². The Bertz CT molecular complexity index is 1080. The summed E-state index contributed by atoms with van der Waals surface area (Å²) in [6, 6.07) is 8.58. The van der Waals surface area contributed by atoms with E-state index in [9.17, 15) is 0 Å². The van der Waals surface area contributed by atoms with Gasteiger partial charge in [-0.05, 0) is 24.3 Å². The van der Waals surface area contributed by atoms with Gasteiger partial charge in [-0.2, -0.15) is 10.1 Å². The lowest BCUT2D eigenvalue weighted by molar-refractivity contribution is 0.0817. The van der Waals surface area contributed by atoms with Crippen molar-refractivity contribution in [3.63, 3.8) is 0 Å². The number of guanidine groups is 1. The average Bonchev–Trinajstić information content (AvgIpc) is 3.45. The average molecular weight is 435 g/mol. The van der Waals surface area contributed by atoms with Crippen LogP contribution in [0.1, 0.15) is 43.7 Å². The molecule has 2 aliphatic heterocycles. The van der Waals surface area contributed by atoms with E-state index >= 15 is 0 Å². The molecule has 1 atom stereocenters. The largest absolute Gasteiger partial charge is 0.381 e. The number of aliphatic imine (C=N–C) groups is 1. The molecule has 0 amide bonds. The lowest BCUT2D eigenvalue weighted by atomic mass is 10.0. The first kappa shape index (κ1) is 20.7. The van der Waals surface area contributed by atoms with Gasteiger partial charge >= 0.3 is 0 Å². The third kappa shape index (κ3) is 4.01. The molecular weight excluding hydrogens is 404 g/mol. The second-order valence-corrected chi connectivity index (χ2v) is 8.84. The first-order valence-corrected chi connectivity index (χ1v) is 11.2. The Labute approximate surface area is 187 Å². The molecule has 9 heteroatoms. The van der Waals surface area contributed by atoms with Gasteiger partial charge in [0, 0.05) is 49.2 Å². The molecule has 5 N–H and O–H groups in total. The van der Waals surface area contributed by atoms with Crippen molar-refractivity contribution in [2.75, 3.05) is 13.2 Å². The summed E-state index contributed by atoms with van der Waals surface area (Å²) in [7, 11) is 0. The number of imidazole rings is 1. The summed E-state index contributed by atoms with van der Waals surface area (Å²) in [4.78, 5) is 12.3. The number of nitrogens with zero attached hydrogens (tertiary/aromatic N) is 4. The monoisotopic (exact) mass is 434 g/mol. The fraction of sp³-hybridized carbons (Fsp3) is 0.435. The molecule has 32 heavy (non-hydrogen) atoms. The van der Waals surface area contributed by atoms with Gasteiger partial charge in [-0.3, -0.25) is 5.73 Å². The Balaban J connectivity index is 1.43. The molecule has 0 saturated carbocycles. The van der Waals surface area contributed by atoms with E-state index in [-0.39, 0.29) is 0 Å². The third-order valence-corrected chi connectivity index (χ3v) is 6.09. The standard InChI is InChI=1S/C23H30N8O/c1-15(2)19-14-27-31-21(19)29-22(28-18-7-11-32-12-8-18)30-23(31,24)13-16-3-5-17(6-4-16)20-25-9-10-26-20/h3-6,9-10,14-15,18H,7-8,11-13,24H2,1-2H3,(H,25,26)(H2,28,29,30). The lowest BCUT2D eigenvalue weighted by Gasteiger charge is -2.38. The summed E-state index contributed by atoms with van der Waals surface area (Å²) >= 11 is 0. The number of fused-ring (bicyclic) bond motifs is 1. The van der Waals surface area contributed by atoms with Crippen LogP contribution in [0.2, 0.25) is 0 Å². The van der Waals surface area contributed by atoms with E-state index in [2.05, 4.69) is 63.8 Å². The summed E-state index contributed by atoms with van der Waals surface area (Å²) in [6.07, 6.45) is 7.89. The Kier molecular flexibility index (Phi) is 5.44. The van der Waals surface area contributed by atoms with Gasteiger partial charge in [0.05, 0.1) is 6.20 Å². The smallest absolute Gasteiger partial charge is 0.201 e. The summed E-state index contributed by atoms with van der Waals surface area (Å²) in [5.41, 5.74) is 10.2. The number of nitrogens with one attached hydrogen (secondary N) is 3. The topological polar surface area (TPSA) is 118 Å². The molecule has 2 aromatic heterocycles. The number of benzene rings is 1. The van der Waals surface area contributed by atoms with Crippen LogP contribution in [-0.2, 0) is 16.9 Å². The molecule has 0 spiro atoms.